The number of benzene rings is 4. The predicted molar refractivity (Wildman–Crippen MR) is 146 cm³/mol. The zero-order chi connectivity index (χ0) is 23.6. The number of nitrogens with zero attached hydrogens (tertiary/aromatic N) is 1. The molecule has 0 spiro atoms. The summed E-state index contributed by atoms with van der Waals surface area (Å²) in [6.07, 6.45) is 0. The molecule has 3 heterocycles. The van der Waals surface area contributed by atoms with Crippen LogP contribution in [0, 0.1) is 6.92 Å². The standard InChI is InChI=1S/C30H20NO2PS/c1-19-7-6-8-23(31-19)21-15-13-20(14-16-21)22-17-18-26-30-29(22)33-25-10-3-5-12-28(25)34(30,35)27-11-4-2-9-24(27)32-26/h2-18H,1H3/t34-/m1/s1. The molecule has 0 fully saturated rings. The minimum Gasteiger partial charge on any atom is -0.456 e. The van der Waals surface area contributed by atoms with Gasteiger partial charge in [0, 0.05) is 27.4 Å². The molecule has 7 rings (SSSR count). The quantitative estimate of drug-likeness (QED) is 0.253. The number of hydrogen-bond donors (Lipinski definition) is 0. The molecule has 168 valence electrons. The third-order valence-electron chi connectivity index (χ3n) is 6.63. The van der Waals surface area contributed by atoms with Crippen LogP contribution < -0.4 is 25.4 Å². The number of ether oxygens (including phenoxy) is 2. The van der Waals surface area contributed by atoms with E-state index in [1.54, 1.807) is 0 Å². The van der Waals surface area contributed by atoms with E-state index in [-0.39, 0.29) is 0 Å². The summed E-state index contributed by atoms with van der Waals surface area (Å²) >= 11 is 6.61. The van der Waals surface area contributed by atoms with E-state index in [4.69, 9.17) is 21.3 Å². The second-order valence-electron chi connectivity index (χ2n) is 8.78. The maximum absolute atomic E-state index is 6.61. The van der Waals surface area contributed by atoms with E-state index < -0.39 is 6.04 Å². The number of para-hydroxylation sites is 2. The first-order chi connectivity index (χ1) is 17.1. The molecule has 0 N–H and O–H groups in total. The molecule has 0 aliphatic carbocycles. The normalized spacial score (nSPS) is 16.8. The molecular weight excluding hydrogens is 469 g/mol. The zero-order valence-corrected chi connectivity index (χ0v) is 20.6. The van der Waals surface area contributed by atoms with E-state index in [0.717, 1.165) is 67.0 Å². The van der Waals surface area contributed by atoms with E-state index in [1.165, 1.54) is 0 Å². The Labute approximate surface area is 209 Å². The van der Waals surface area contributed by atoms with Crippen LogP contribution in [0.25, 0.3) is 22.4 Å². The Morgan fingerprint density at radius 3 is 2.00 bits per heavy atom. The second-order valence-corrected chi connectivity index (χ2v) is 13.1. The first-order valence-corrected chi connectivity index (χ1v) is 14.3. The van der Waals surface area contributed by atoms with Gasteiger partial charge < -0.3 is 9.47 Å². The highest BCUT2D eigenvalue weighted by molar-refractivity contribution is 8.26. The van der Waals surface area contributed by atoms with Crippen molar-refractivity contribution in [1.29, 1.82) is 0 Å². The van der Waals surface area contributed by atoms with Crippen molar-refractivity contribution in [2.24, 2.45) is 0 Å². The fourth-order valence-electron chi connectivity index (χ4n) is 4.99. The molecular formula is C30H20NO2PS. The van der Waals surface area contributed by atoms with E-state index in [2.05, 4.69) is 47.4 Å². The Kier molecular flexibility index (Phi) is 4.51. The largest absolute Gasteiger partial charge is 0.456 e. The highest BCUT2D eigenvalue weighted by Crippen LogP contribution is 2.59. The van der Waals surface area contributed by atoms with Gasteiger partial charge in [-0.1, -0.05) is 66.4 Å². The third kappa shape index (κ3) is 3.04. The van der Waals surface area contributed by atoms with Crippen molar-refractivity contribution in [1.82, 2.24) is 4.98 Å². The van der Waals surface area contributed by atoms with Crippen molar-refractivity contribution in [3.8, 4) is 45.4 Å². The summed E-state index contributed by atoms with van der Waals surface area (Å²) in [6, 6.07) is 32.7. The molecule has 0 bridgehead atoms. The van der Waals surface area contributed by atoms with Gasteiger partial charge in [0.2, 0.25) is 0 Å². The zero-order valence-electron chi connectivity index (χ0n) is 18.9. The van der Waals surface area contributed by atoms with Crippen LogP contribution in [0.4, 0.5) is 0 Å². The SMILES string of the molecule is Cc1cccc(-c2ccc(-c3ccc4c5c3Oc3ccccc3[P@]5(=S)c3ccccc3O4)cc2)n1. The molecule has 0 unspecified atom stereocenters. The Hall–Kier alpha value is -3.72. The number of aryl methyl sites for hydroxylation is 1. The fourth-order valence-corrected chi connectivity index (χ4v) is 9.50. The predicted octanol–water partition coefficient (Wildman–Crippen LogP) is 6.69. The summed E-state index contributed by atoms with van der Waals surface area (Å²) in [5, 5.41) is 3.17. The van der Waals surface area contributed by atoms with Crippen molar-refractivity contribution in [3.63, 3.8) is 0 Å². The van der Waals surface area contributed by atoms with Crippen molar-refractivity contribution in [3.05, 3.63) is 109 Å². The molecule has 0 saturated carbocycles. The molecule has 1 atom stereocenters. The van der Waals surface area contributed by atoms with E-state index in [0.29, 0.717) is 0 Å². The average Bonchev–Trinajstić information content (AvgIpc) is 2.89. The van der Waals surface area contributed by atoms with Gasteiger partial charge in [-0.15, -0.1) is 0 Å². The van der Waals surface area contributed by atoms with Gasteiger partial charge in [0.15, 0.2) is 0 Å². The Morgan fingerprint density at radius 2 is 1.29 bits per heavy atom. The smallest absolute Gasteiger partial charge is 0.148 e. The van der Waals surface area contributed by atoms with Gasteiger partial charge >= 0.3 is 0 Å². The fraction of sp³-hybridized carbons (Fsp3) is 0.0333. The first kappa shape index (κ1) is 20.6. The third-order valence-corrected chi connectivity index (χ3v) is 11.5. The van der Waals surface area contributed by atoms with Gasteiger partial charge in [-0.2, -0.15) is 0 Å². The summed E-state index contributed by atoms with van der Waals surface area (Å²) in [4.78, 5) is 4.66. The lowest BCUT2D eigenvalue weighted by Gasteiger charge is -2.38. The number of pyridine rings is 1. The number of rotatable bonds is 2. The summed E-state index contributed by atoms with van der Waals surface area (Å²) in [5.41, 5.74) is 5.13. The number of hydrogen-bond acceptors (Lipinski definition) is 4. The maximum Gasteiger partial charge on any atom is 0.148 e. The molecule has 2 aliphatic heterocycles. The van der Waals surface area contributed by atoms with Crippen molar-refractivity contribution < 1.29 is 9.47 Å². The molecule has 5 heteroatoms. The van der Waals surface area contributed by atoms with Crippen LogP contribution >= 0.6 is 6.04 Å². The molecule has 0 saturated heterocycles. The summed E-state index contributed by atoms with van der Waals surface area (Å²) < 4.78 is 12.9. The van der Waals surface area contributed by atoms with Crippen LogP contribution in [-0.4, -0.2) is 4.98 Å². The van der Waals surface area contributed by atoms with Crippen LogP contribution in [0.1, 0.15) is 5.69 Å². The van der Waals surface area contributed by atoms with E-state index in [1.807, 2.05) is 67.6 Å². The van der Waals surface area contributed by atoms with Crippen LogP contribution in [-0.2, 0) is 11.8 Å². The van der Waals surface area contributed by atoms with Crippen molar-refractivity contribution in [2.75, 3.05) is 0 Å². The summed E-state index contributed by atoms with van der Waals surface area (Å²) in [6.45, 7) is 2.01. The molecule has 0 amide bonds. The molecule has 0 radical (unpaired) electrons. The number of aromatic nitrogens is 1. The molecule has 5 aromatic rings. The van der Waals surface area contributed by atoms with Gasteiger partial charge in [0.1, 0.15) is 23.0 Å². The number of fused-ring (bicyclic) bond motifs is 4. The minimum absolute atomic E-state index is 0.792. The molecule has 35 heavy (non-hydrogen) atoms. The topological polar surface area (TPSA) is 31.4 Å². The lowest BCUT2D eigenvalue weighted by molar-refractivity contribution is 0.467. The average molecular weight is 490 g/mol. The highest BCUT2D eigenvalue weighted by atomic mass is 32.4. The maximum atomic E-state index is 6.61. The summed E-state index contributed by atoms with van der Waals surface area (Å²) in [5.74, 6) is 3.27. The van der Waals surface area contributed by atoms with Gasteiger partial charge in [0.25, 0.3) is 0 Å². The van der Waals surface area contributed by atoms with Gasteiger partial charge in [0.05, 0.1) is 17.0 Å². The Bertz CT molecular complexity index is 1680. The van der Waals surface area contributed by atoms with Crippen LogP contribution in [0.2, 0.25) is 0 Å². The van der Waals surface area contributed by atoms with Crippen LogP contribution in [0.3, 0.4) is 0 Å². The van der Waals surface area contributed by atoms with Crippen molar-refractivity contribution >= 4 is 33.8 Å². The Morgan fingerprint density at radius 1 is 0.629 bits per heavy atom. The van der Waals surface area contributed by atoms with Crippen LogP contribution in [0.15, 0.2) is 103 Å². The molecule has 2 aliphatic rings. The van der Waals surface area contributed by atoms with Crippen LogP contribution in [0.5, 0.6) is 23.0 Å². The van der Waals surface area contributed by atoms with Gasteiger partial charge in [-0.3, -0.25) is 4.98 Å². The monoisotopic (exact) mass is 489 g/mol. The lowest BCUT2D eigenvalue weighted by atomic mass is 10.0. The van der Waals surface area contributed by atoms with Crippen molar-refractivity contribution in [2.45, 2.75) is 6.92 Å². The first-order valence-electron chi connectivity index (χ1n) is 11.5. The van der Waals surface area contributed by atoms with Gasteiger partial charge in [-0.05, 0) is 61.0 Å². The van der Waals surface area contributed by atoms with E-state index in [9.17, 15) is 0 Å². The molecule has 4 aromatic carbocycles. The van der Waals surface area contributed by atoms with Gasteiger partial charge in [-0.25, -0.2) is 0 Å². The second kappa shape index (κ2) is 7.64. The lowest BCUT2D eigenvalue weighted by Crippen LogP contribution is -2.35. The van der Waals surface area contributed by atoms with E-state index >= 15 is 0 Å². The molecule has 3 nitrogen and oxygen atoms in total. The Balaban J connectivity index is 1.43. The summed E-state index contributed by atoms with van der Waals surface area (Å²) in [7, 11) is 0. The highest BCUT2D eigenvalue weighted by Gasteiger charge is 2.43. The molecule has 1 aromatic heterocycles. The minimum atomic E-state index is -2.35.